The molecule has 1 atom stereocenters. The molecule has 0 radical (unpaired) electrons. The number of hydrogen-bond acceptors (Lipinski definition) is 6. The molecule has 0 aliphatic rings. The first-order chi connectivity index (χ1) is 10.1. The second-order valence-electron chi connectivity index (χ2n) is 5.03. The van der Waals surface area contributed by atoms with E-state index in [-0.39, 0.29) is 6.04 Å². The van der Waals surface area contributed by atoms with Gasteiger partial charge < -0.3 is 8.83 Å². The molecule has 0 aromatic carbocycles. The number of furan rings is 1. The zero-order valence-corrected chi connectivity index (χ0v) is 13.1. The summed E-state index contributed by atoms with van der Waals surface area (Å²) in [6, 6.07) is 7.93. The van der Waals surface area contributed by atoms with Crippen LogP contribution in [-0.4, -0.2) is 22.1 Å². The van der Waals surface area contributed by atoms with Crippen LogP contribution in [0.2, 0.25) is 0 Å². The highest BCUT2D eigenvalue weighted by molar-refractivity contribution is 7.13. The first-order valence-corrected chi connectivity index (χ1v) is 7.64. The molecule has 0 aliphatic carbocycles. The van der Waals surface area contributed by atoms with E-state index in [1.807, 2.05) is 50.5 Å². The van der Waals surface area contributed by atoms with E-state index in [0.29, 0.717) is 18.3 Å². The maximum absolute atomic E-state index is 5.77. The Balaban J connectivity index is 1.71. The lowest BCUT2D eigenvalue weighted by molar-refractivity contribution is 0.202. The van der Waals surface area contributed by atoms with E-state index in [1.165, 1.54) is 0 Å². The van der Waals surface area contributed by atoms with Gasteiger partial charge in [0.2, 0.25) is 5.89 Å². The molecule has 0 fully saturated rings. The first-order valence-electron chi connectivity index (χ1n) is 6.76. The van der Waals surface area contributed by atoms with Crippen LogP contribution in [0.5, 0.6) is 0 Å². The Kier molecular flexibility index (Phi) is 3.90. The lowest BCUT2D eigenvalue weighted by Crippen LogP contribution is -2.21. The third kappa shape index (κ3) is 3.06. The molecule has 3 aromatic heterocycles. The first kappa shape index (κ1) is 14.0. The van der Waals surface area contributed by atoms with Crippen molar-refractivity contribution in [2.75, 3.05) is 7.05 Å². The molecule has 3 heterocycles. The van der Waals surface area contributed by atoms with Crippen LogP contribution in [0.1, 0.15) is 30.4 Å². The molecule has 21 heavy (non-hydrogen) atoms. The Labute approximate surface area is 127 Å². The summed E-state index contributed by atoms with van der Waals surface area (Å²) in [7, 11) is 2.01. The number of aryl methyl sites for hydroxylation is 1. The minimum Gasteiger partial charge on any atom is -0.465 e. The van der Waals surface area contributed by atoms with Gasteiger partial charge in [0, 0.05) is 0 Å². The van der Waals surface area contributed by atoms with Gasteiger partial charge in [-0.25, -0.2) is 0 Å². The summed E-state index contributed by atoms with van der Waals surface area (Å²) in [6.07, 6.45) is 0. The molecule has 0 saturated carbocycles. The Morgan fingerprint density at radius 2 is 2.10 bits per heavy atom. The van der Waals surface area contributed by atoms with Gasteiger partial charge in [0.1, 0.15) is 11.5 Å². The molecule has 0 spiro atoms. The van der Waals surface area contributed by atoms with Gasteiger partial charge in [0.05, 0.1) is 17.5 Å². The monoisotopic (exact) mass is 303 g/mol. The Hall–Kier alpha value is -1.92. The van der Waals surface area contributed by atoms with Gasteiger partial charge >= 0.3 is 0 Å². The Morgan fingerprint density at radius 1 is 1.24 bits per heavy atom. The second kappa shape index (κ2) is 5.83. The van der Waals surface area contributed by atoms with Crippen molar-refractivity contribution in [2.45, 2.75) is 26.4 Å². The van der Waals surface area contributed by atoms with Crippen LogP contribution in [0.15, 0.2) is 38.5 Å². The smallest absolute Gasteiger partial charge is 0.257 e. The zero-order chi connectivity index (χ0) is 14.8. The summed E-state index contributed by atoms with van der Waals surface area (Å²) in [6.45, 7) is 4.69. The molecule has 0 saturated heterocycles. The number of rotatable bonds is 5. The van der Waals surface area contributed by atoms with E-state index in [0.717, 1.165) is 16.4 Å². The van der Waals surface area contributed by atoms with Gasteiger partial charge in [0.25, 0.3) is 5.89 Å². The minimum absolute atomic E-state index is 0.0246. The average Bonchev–Trinajstić information content (AvgIpc) is 3.18. The molecule has 3 aromatic rings. The third-order valence-electron chi connectivity index (χ3n) is 3.39. The summed E-state index contributed by atoms with van der Waals surface area (Å²) < 4.78 is 11.4. The van der Waals surface area contributed by atoms with E-state index in [9.17, 15) is 0 Å². The standard InChI is InChI=1S/C15H17N3O2S/c1-10-6-7-12(19-10)9-18(3)11(2)14-16-17-15(20-14)13-5-4-8-21-13/h4-8,11H,9H2,1-3H3/t11-/m0/s1. The molecule has 6 heteroatoms. The van der Waals surface area contributed by atoms with Gasteiger partial charge in [-0.3, -0.25) is 4.90 Å². The number of aromatic nitrogens is 2. The highest BCUT2D eigenvalue weighted by atomic mass is 32.1. The van der Waals surface area contributed by atoms with Gasteiger partial charge in [-0.05, 0) is 44.5 Å². The molecular weight excluding hydrogens is 286 g/mol. The van der Waals surface area contributed by atoms with Crippen LogP contribution in [-0.2, 0) is 6.54 Å². The number of thiophene rings is 1. The molecule has 0 aliphatic heterocycles. The van der Waals surface area contributed by atoms with Crippen LogP contribution in [0.25, 0.3) is 10.8 Å². The summed E-state index contributed by atoms with van der Waals surface area (Å²) in [5, 5.41) is 10.3. The average molecular weight is 303 g/mol. The normalized spacial score (nSPS) is 13.0. The highest BCUT2D eigenvalue weighted by Crippen LogP contribution is 2.27. The minimum atomic E-state index is 0.0246. The van der Waals surface area contributed by atoms with Gasteiger partial charge in [-0.1, -0.05) is 6.07 Å². The van der Waals surface area contributed by atoms with Crippen molar-refractivity contribution >= 4 is 11.3 Å². The maximum Gasteiger partial charge on any atom is 0.257 e. The van der Waals surface area contributed by atoms with Crippen LogP contribution >= 0.6 is 11.3 Å². The van der Waals surface area contributed by atoms with E-state index < -0.39 is 0 Å². The predicted octanol–water partition coefficient (Wildman–Crippen LogP) is 3.89. The maximum atomic E-state index is 5.77. The summed E-state index contributed by atoms with van der Waals surface area (Å²) in [4.78, 5) is 3.11. The van der Waals surface area contributed by atoms with Crippen molar-refractivity contribution in [1.82, 2.24) is 15.1 Å². The topological polar surface area (TPSA) is 55.3 Å². The van der Waals surface area contributed by atoms with Crippen molar-refractivity contribution in [3.8, 4) is 10.8 Å². The molecule has 0 amide bonds. The van der Waals surface area contributed by atoms with Crippen LogP contribution in [0.4, 0.5) is 0 Å². The molecular formula is C15H17N3O2S. The number of hydrogen-bond donors (Lipinski definition) is 0. The fraction of sp³-hybridized carbons (Fsp3) is 0.333. The number of nitrogens with zero attached hydrogens (tertiary/aromatic N) is 3. The second-order valence-corrected chi connectivity index (χ2v) is 5.97. The molecule has 0 bridgehead atoms. The molecule has 0 N–H and O–H groups in total. The summed E-state index contributed by atoms with van der Waals surface area (Å²) in [5.41, 5.74) is 0. The van der Waals surface area contributed by atoms with Gasteiger partial charge in [-0.15, -0.1) is 21.5 Å². The predicted molar refractivity (Wildman–Crippen MR) is 80.9 cm³/mol. The highest BCUT2D eigenvalue weighted by Gasteiger charge is 2.20. The Bertz CT molecular complexity index is 702. The van der Waals surface area contributed by atoms with E-state index in [2.05, 4.69) is 15.1 Å². The fourth-order valence-electron chi connectivity index (χ4n) is 2.04. The zero-order valence-electron chi connectivity index (χ0n) is 12.2. The third-order valence-corrected chi connectivity index (χ3v) is 4.25. The van der Waals surface area contributed by atoms with Crippen molar-refractivity contribution in [2.24, 2.45) is 0 Å². The van der Waals surface area contributed by atoms with Crippen molar-refractivity contribution < 1.29 is 8.83 Å². The SMILES string of the molecule is Cc1ccc(CN(C)[C@@H](C)c2nnc(-c3cccs3)o2)o1. The van der Waals surface area contributed by atoms with E-state index in [4.69, 9.17) is 8.83 Å². The summed E-state index contributed by atoms with van der Waals surface area (Å²) >= 11 is 1.59. The largest absolute Gasteiger partial charge is 0.465 e. The molecule has 0 unspecified atom stereocenters. The molecule has 3 rings (SSSR count). The van der Waals surface area contributed by atoms with Crippen LogP contribution in [0, 0.1) is 6.92 Å². The van der Waals surface area contributed by atoms with E-state index in [1.54, 1.807) is 11.3 Å². The van der Waals surface area contributed by atoms with Crippen molar-refractivity contribution in [3.63, 3.8) is 0 Å². The summed E-state index contributed by atoms with van der Waals surface area (Å²) in [5.74, 6) is 3.04. The Morgan fingerprint density at radius 3 is 2.76 bits per heavy atom. The van der Waals surface area contributed by atoms with Crippen LogP contribution < -0.4 is 0 Å². The van der Waals surface area contributed by atoms with Gasteiger partial charge in [-0.2, -0.15) is 0 Å². The lowest BCUT2D eigenvalue weighted by atomic mass is 10.3. The van der Waals surface area contributed by atoms with Gasteiger partial charge in [0.15, 0.2) is 0 Å². The van der Waals surface area contributed by atoms with Crippen molar-refractivity contribution in [3.05, 3.63) is 47.1 Å². The molecule has 5 nitrogen and oxygen atoms in total. The van der Waals surface area contributed by atoms with Crippen LogP contribution in [0.3, 0.4) is 0 Å². The van der Waals surface area contributed by atoms with Crippen molar-refractivity contribution in [1.29, 1.82) is 0 Å². The fourth-order valence-corrected chi connectivity index (χ4v) is 2.69. The lowest BCUT2D eigenvalue weighted by Gasteiger charge is -2.20. The van der Waals surface area contributed by atoms with E-state index >= 15 is 0 Å². The quantitative estimate of drug-likeness (QED) is 0.715. The molecule has 110 valence electrons.